The normalized spacial score (nSPS) is 12.2. The summed E-state index contributed by atoms with van der Waals surface area (Å²) in [6, 6.07) is 11.8. The summed E-state index contributed by atoms with van der Waals surface area (Å²) < 4.78 is 26.7. The molecule has 0 aliphatic heterocycles. The zero-order chi connectivity index (χ0) is 25.5. The van der Waals surface area contributed by atoms with Gasteiger partial charge in [-0.1, -0.05) is 61.8 Å². The molecule has 2 aromatic rings. The maximum atomic E-state index is 13.7. The molecule has 1 N–H and O–H groups in total. The lowest BCUT2D eigenvalue weighted by Gasteiger charge is -2.33. The number of hydrogen-bond donors (Lipinski definition) is 1. The maximum Gasteiger partial charge on any atom is 0.244 e. The van der Waals surface area contributed by atoms with Gasteiger partial charge in [-0.2, -0.15) is 0 Å². The molecule has 0 saturated carbocycles. The molecule has 0 radical (unpaired) electrons. The minimum absolute atomic E-state index is 0.0842. The first-order valence-electron chi connectivity index (χ1n) is 11.4. The van der Waals surface area contributed by atoms with E-state index in [0.29, 0.717) is 29.2 Å². The summed E-state index contributed by atoms with van der Waals surface area (Å²) in [7, 11) is -3.78. The highest BCUT2D eigenvalue weighted by molar-refractivity contribution is 7.92. The van der Waals surface area contributed by atoms with Crippen molar-refractivity contribution in [2.45, 2.75) is 53.1 Å². The Labute approximate surface area is 208 Å². The van der Waals surface area contributed by atoms with Gasteiger partial charge in [0.2, 0.25) is 21.8 Å². The van der Waals surface area contributed by atoms with E-state index in [1.54, 1.807) is 44.2 Å². The zero-order valence-corrected chi connectivity index (χ0v) is 22.0. The van der Waals surface area contributed by atoms with Crippen LogP contribution in [0.5, 0.6) is 0 Å². The second-order valence-corrected chi connectivity index (χ2v) is 10.7. The molecule has 0 aromatic heterocycles. The van der Waals surface area contributed by atoms with Crippen molar-refractivity contribution in [3.63, 3.8) is 0 Å². The Balaban J connectivity index is 2.50. The van der Waals surface area contributed by atoms with Crippen LogP contribution in [0.25, 0.3) is 0 Å². The van der Waals surface area contributed by atoms with Crippen molar-refractivity contribution < 1.29 is 18.0 Å². The number of carbonyl (C=O) groups is 2. The quantitative estimate of drug-likeness (QED) is 0.497. The lowest BCUT2D eigenvalue weighted by Crippen LogP contribution is -2.52. The van der Waals surface area contributed by atoms with Gasteiger partial charge < -0.3 is 10.2 Å². The van der Waals surface area contributed by atoms with Crippen LogP contribution in [-0.4, -0.2) is 50.5 Å². The van der Waals surface area contributed by atoms with Gasteiger partial charge in [0.1, 0.15) is 12.6 Å². The Morgan fingerprint density at radius 1 is 1.03 bits per heavy atom. The van der Waals surface area contributed by atoms with Gasteiger partial charge in [-0.15, -0.1) is 0 Å². The monoisotopic (exact) mass is 507 g/mol. The first-order chi connectivity index (χ1) is 16.0. The van der Waals surface area contributed by atoms with Gasteiger partial charge in [-0.25, -0.2) is 8.42 Å². The van der Waals surface area contributed by atoms with Gasteiger partial charge in [0.05, 0.1) is 11.9 Å². The van der Waals surface area contributed by atoms with E-state index in [0.717, 1.165) is 28.1 Å². The average molecular weight is 508 g/mol. The largest absolute Gasteiger partial charge is 0.354 e. The van der Waals surface area contributed by atoms with E-state index >= 15 is 0 Å². The molecule has 7 nitrogen and oxygen atoms in total. The van der Waals surface area contributed by atoms with E-state index in [2.05, 4.69) is 5.32 Å². The number of sulfonamides is 1. The molecule has 0 heterocycles. The number of halogens is 1. The Morgan fingerprint density at radius 3 is 2.18 bits per heavy atom. The number of rotatable bonds is 11. The predicted molar refractivity (Wildman–Crippen MR) is 137 cm³/mol. The highest BCUT2D eigenvalue weighted by atomic mass is 35.5. The fraction of sp³-hybridized carbons (Fsp3) is 0.440. The Bertz CT molecular complexity index is 1100. The van der Waals surface area contributed by atoms with Crippen molar-refractivity contribution in [2.75, 3.05) is 23.7 Å². The second-order valence-electron chi connectivity index (χ2n) is 8.34. The van der Waals surface area contributed by atoms with Crippen LogP contribution >= 0.6 is 11.6 Å². The maximum absolute atomic E-state index is 13.7. The number of nitrogens with zero attached hydrogens (tertiary/aromatic N) is 2. The summed E-state index contributed by atoms with van der Waals surface area (Å²) in [6.45, 7) is 7.53. The third-order valence-corrected chi connectivity index (χ3v) is 7.08. The molecule has 0 aliphatic carbocycles. The summed E-state index contributed by atoms with van der Waals surface area (Å²) in [6.07, 6.45) is 2.21. The molecule has 1 atom stereocenters. The molecule has 2 aromatic carbocycles. The third kappa shape index (κ3) is 6.96. The number of anilines is 1. The fourth-order valence-electron chi connectivity index (χ4n) is 3.87. The second kappa shape index (κ2) is 12.2. The first kappa shape index (κ1) is 27.7. The first-order valence-corrected chi connectivity index (χ1v) is 13.6. The molecular weight excluding hydrogens is 474 g/mol. The number of amides is 2. The standard InChI is InChI=1S/C25H34ClN3O4S/c1-6-15-27-25(31)22(7-2)28(16-20-13-8-9-14-21(20)26)23(30)17-29(34(5,32)33)24-18(3)11-10-12-19(24)4/h8-14,22H,6-7,15-17H2,1-5H3,(H,27,31)/t22-/m0/s1. The molecule has 0 unspecified atom stereocenters. The van der Waals surface area contributed by atoms with Crippen LogP contribution in [0.4, 0.5) is 5.69 Å². The number of aryl methyl sites for hydroxylation is 2. The predicted octanol–water partition coefficient (Wildman–Crippen LogP) is 4.06. The highest BCUT2D eigenvalue weighted by Crippen LogP contribution is 2.27. The van der Waals surface area contributed by atoms with Crippen molar-refractivity contribution in [3.05, 3.63) is 64.2 Å². The molecule has 34 heavy (non-hydrogen) atoms. The minimum Gasteiger partial charge on any atom is -0.354 e. The molecule has 2 rings (SSSR count). The summed E-state index contributed by atoms with van der Waals surface area (Å²) in [4.78, 5) is 28.1. The van der Waals surface area contributed by atoms with Crippen molar-refractivity contribution in [1.29, 1.82) is 0 Å². The van der Waals surface area contributed by atoms with Gasteiger partial charge in [-0.3, -0.25) is 13.9 Å². The van der Waals surface area contributed by atoms with Gasteiger partial charge in [0.25, 0.3) is 0 Å². The highest BCUT2D eigenvalue weighted by Gasteiger charge is 2.32. The van der Waals surface area contributed by atoms with E-state index in [1.165, 1.54) is 4.90 Å². The Morgan fingerprint density at radius 2 is 1.65 bits per heavy atom. The topological polar surface area (TPSA) is 86.8 Å². The van der Waals surface area contributed by atoms with E-state index in [1.807, 2.05) is 26.0 Å². The minimum atomic E-state index is -3.78. The fourth-order valence-corrected chi connectivity index (χ4v) is 5.03. The van der Waals surface area contributed by atoms with Gasteiger partial charge >= 0.3 is 0 Å². The molecule has 0 spiro atoms. The van der Waals surface area contributed by atoms with Crippen LogP contribution in [0.1, 0.15) is 43.4 Å². The molecular formula is C25H34ClN3O4S. The van der Waals surface area contributed by atoms with Crippen LogP contribution in [0.2, 0.25) is 5.02 Å². The number of hydrogen-bond acceptors (Lipinski definition) is 4. The molecule has 2 amide bonds. The van der Waals surface area contributed by atoms with Crippen LogP contribution in [-0.2, 0) is 26.2 Å². The lowest BCUT2D eigenvalue weighted by molar-refractivity contribution is -0.140. The van der Waals surface area contributed by atoms with E-state index in [-0.39, 0.29) is 12.5 Å². The van der Waals surface area contributed by atoms with Gasteiger partial charge in [-0.05, 0) is 49.4 Å². The molecule has 9 heteroatoms. The average Bonchev–Trinajstić information content (AvgIpc) is 2.77. The summed E-state index contributed by atoms with van der Waals surface area (Å²) in [5.41, 5.74) is 2.63. The van der Waals surface area contributed by atoms with Crippen LogP contribution in [0.3, 0.4) is 0 Å². The summed E-state index contributed by atoms with van der Waals surface area (Å²) in [5, 5.41) is 3.33. The van der Waals surface area contributed by atoms with Gasteiger partial charge in [0, 0.05) is 18.1 Å². The molecule has 0 fully saturated rings. The van der Waals surface area contributed by atoms with Crippen LogP contribution in [0.15, 0.2) is 42.5 Å². The SMILES string of the molecule is CCCNC(=O)[C@H](CC)N(Cc1ccccc1Cl)C(=O)CN(c1c(C)cccc1C)S(C)(=O)=O. The molecule has 0 saturated heterocycles. The number of benzene rings is 2. The van der Waals surface area contributed by atoms with E-state index < -0.39 is 28.5 Å². The van der Waals surface area contributed by atoms with Crippen LogP contribution < -0.4 is 9.62 Å². The third-order valence-electron chi connectivity index (χ3n) is 5.60. The Kier molecular flexibility index (Phi) is 9.94. The lowest BCUT2D eigenvalue weighted by atomic mass is 10.1. The smallest absolute Gasteiger partial charge is 0.244 e. The summed E-state index contributed by atoms with van der Waals surface area (Å²) in [5.74, 6) is -0.755. The number of carbonyl (C=O) groups excluding carboxylic acids is 2. The molecule has 186 valence electrons. The van der Waals surface area contributed by atoms with E-state index in [4.69, 9.17) is 11.6 Å². The number of nitrogens with one attached hydrogen (secondary N) is 1. The number of para-hydroxylation sites is 1. The molecule has 0 bridgehead atoms. The summed E-state index contributed by atoms with van der Waals surface area (Å²) >= 11 is 6.36. The van der Waals surface area contributed by atoms with Gasteiger partial charge in [0.15, 0.2) is 0 Å². The van der Waals surface area contributed by atoms with Crippen molar-refractivity contribution >= 4 is 39.1 Å². The van der Waals surface area contributed by atoms with E-state index in [9.17, 15) is 18.0 Å². The van der Waals surface area contributed by atoms with Crippen molar-refractivity contribution in [1.82, 2.24) is 10.2 Å². The zero-order valence-electron chi connectivity index (χ0n) is 20.5. The van der Waals surface area contributed by atoms with Crippen molar-refractivity contribution in [2.24, 2.45) is 0 Å². The molecule has 0 aliphatic rings. The van der Waals surface area contributed by atoms with Crippen molar-refractivity contribution in [3.8, 4) is 0 Å². The van der Waals surface area contributed by atoms with Crippen LogP contribution in [0, 0.1) is 13.8 Å². The Hall–Kier alpha value is -2.58.